The molecule has 15 heavy (non-hydrogen) atoms. The van der Waals surface area contributed by atoms with Crippen molar-refractivity contribution in [3.63, 3.8) is 0 Å². The zero-order valence-electron chi connectivity index (χ0n) is 8.42. The van der Waals surface area contributed by atoms with Crippen LogP contribution in [0.1, 0.15) is 12.0 Å². The molecule has 1 aromatic rings. The third-order valence-corrected chi connectivity index (χ3v) is 3.16. The lowest BCUT2D eigenvalue weighted by Crippen LogP contribution is -2.26. The van der Waals surface area contributed by atoms with Gasteiger partial charge in [0.05, 0.1) is 5.02 Å². The summed E-state index contributed by atoms with van der Waals surface area (Å²) in [6, 6.07) is 5.17. The van der Waals surface area contributed by atoms with Gasteiger partial charge in [-0.15, -0.1) is 0 Å². The van der Waals surface area contributed by atoms with Crippen molar-refractivity contribution in [2.24, 2.45) is 5.73 Å². The van der Waals surface area contributed by atoms with Crippen molar-refractivity contribution in [3.05, 3.63) is 34.6 Å². The van der Waals surface area contributed by atoms with Crippen LogP contribution < -0.4 is 5.73 Å². The normalized spacial score (nSPS) is 22.2. The van der Waals surface area contributed by atoms with Crippen LogP contribution in [-0.2, 0) is 6.54 Å². The first-order valence-corrected chi connectivity index (χ1v) is 5.45. The van der Waals surface area contributed by atoms with Crippen molar-refractivity contribution in [3.8, 4) is 0 Å². The fraction of sp³-hybridized carbons (Fsp3) is 0.455. The molecule has 0 saturated carbocycles. The van der Waals surface area contributed by atoms with Gasteiger partial charge in [0.2, 0.25) is 0 Å². The first-order chi connectivity index (χ1) is 7.16. The Kier molecular flexibility index (Phi) is 3.24. The highest BCUT2D eigenvalue weighted by Gasteiger charge is 2.20. The van der Waals surface area contributed by atoms with E-state index in [0.717, 1.165) is 25.1 Å². The molecule has 0 aliphatic carbocycles. The minimum Gasteiger partial charge on any atom is -0.326 e. The Bertz CT molecular complexity index is 356. The molecule has 1 aromatic carbocycles. The maximum absolute atomic E-state index is 13.2. The van der Waals surface area contributed by atoms with Crippen molar-refractivity contribution in [1.82, 2.24) is 4.90 Å². The van der Waals surface area contributed by atoms with E-state index in [1.54, 1.807) is 6.07 Å². The summed E-state index contributed by atoms with van der Waals surface area (Å²) in [5.41, 5.74) is 6.64. The standard InChI is InChI=1S/C11H14ClFN2/c12-11-8(2-1-3-10(11)13)6-15-5-4-9(14)7-15/h1-3,9H,4-7,14H2/t9-/m0/s1. The lowest BCUT2D eigenvalue weighted by atomic mass is 10.2. The average Bonchev–Trinajstić information content (AvgIpc) is 2.59. The van der Waals surface area contributed by atoms with Crippen molar-refractivity contribution < 1.29 is 4.39 Å². The molecule has 82 valence electrons. The van der Waals surface area contributed by atoms with Crippen molar-refractivity contribution >= 4 is 11.6 Å². The Balaban J connectivity index is 2.07. The zero-order valence-corrected chi connectivity index (χ0v) is 9.17. The average molecular weight is 229 g/mol. The van der Waals surface area contributed by atoms with Crippen LogP contribution in [0.3, 0.4) is 0 Å². The van der Waals surface area contributed by atoms with Crippen LogP contribution >= 0.6 is 11.6 Å². The highest BCUT2D eigenvalue weighted by molar-refractivity contribution is 6.31. The Morgan fingerprint density at radius 1 is 1.53 bits per heavy atom. The van der Waals surface area contributed by atoms with Gasteiger partial charge >= 0.3 is 0 Å². The van der Waals surface area contributed by atoms with E-state index >= 15 is 0 Å². The SMILES string of the molecule is N[C@H]1CCN(Cc2cccc(F)c2Cl)C1. The molecule has 0 unspecified atom stereocenters. The summed E-state index contributed by atoms with van der Waals surface area (Å²) >= 11 is 5.88. The number of likely N-dealkylation sites (tertiary alicyclic amines) is 1. The molecule has 0 spiro atoms. The first-order valence-electron chi connectivity index (χ1n) is 5.07. The molecule has 2 rings (SSSR count). The molecule has 1 heterocycles. The summed E-state index contributed by atoms with van der Waals surface area (Å²) in [5, 5.41) is 0.234. The van der Waals surface area contributed by atoms with Crippen LogP contribution in [-0.4, -0.2) is 24.0 Å². The van der Waals surface area contributed by atoms with E-state index in [4.69, 9.17) is 17.3 Å². The van der Waals surface area contributed by atoms with Crippen molar-refractivity contribution in [1.29, 1.82) is 0 Å². The van der Waals surface area contributed by atoms with Gasteiger partial charge in [-0.1, -0.05) is 23.7 Å². The van der Waals surface area contributed by atoms with E-state index in [1.165, 1.54) is 6.07 Å². The predicted octanol–water partition coefficient (Wildman–Crippen LogP) is 2.01. The van der Waals surface area contributed by atoms with E-state index in [2.05, 4.69) is 4.90 Å². The largest absolute Gasteiger partial charge is 0.326 e. The number of nitrogens with two attached hydrogens (primary N) is 1. The monoisotopic (exact) mass is 228 g/mol. The number of hydrogen-bond donors (Lipinski definition) is 1. The Labute approximate surface area is 93.8 Å². The number of benzene rings is 1. The van der Waals surface area contributed by atoms with Crippen LogP contribution in [0.2, 0.25) is 5.02 Å². The van der Waals surface area contributed by atoms with E-state index in [1.807, 2.05) is 6.07 Å². The van der Waals surface area contributed by atoms with Gasteiger partial charge in [0.25, 0.3) is 0 Å². The summed E-state index contributed by atoms with van der Waals surface area (Å²) < 4.78 is 13.2. The highest BCUT2D eigenvalue weighted by atomic mass is 35.5. The van der Waals surface area contributed by atoms with Crippen LogP contribution in [0.4, 0.5) is 4.39 Å². The number of nitrogens with zero attached hydrogens (tertiary/aromatic N) is 1. The van der Waals surface area contributed by atoms with Gasteiger partial charge < -0.3 is 5.73 Å². The van der Waals surface area contributed by atoms with Crippen molar-refractivity contribution in [2.75, 3.05) is 13.1 Å². The molecule has 1 aliphatic heterocycles. The topological polar surface area (TPSA) is 29.3 Å². The summed E-state index contributed by atoms with van der Waals surface area (Å²) in [6.45, 7) is 2.52. The third-order valence-electron chi connectivity index (χ3n) is 2.73. The van der Waals surface area contributed by atoms with Gasteiger partial charge in [0, 0.05) is 25.7 Å². The molecular formula is C11H14ClFN2. The molecule has 1 aliphatic rings. The quantitative estimate of drug-likeness (QED) is 0.839. The van der Waals surface area contributed by atoms with Crippen molar-refractivity contribution in [2.45, 2.75) is 19.0 Å². The summed E-state index contributed by atoms with van der Waals surface area (Å²) in [5.74, 6) is -0.349. The molecular weight excluding hydrogens is 215 g/mol. The number of halogens is 2. The summed E-state index contributed by atoms with van der Waals surface area (Å²) in [7, 11) is 0. The second kappa shape index (κ2) is 4.47. The number of rotatable bonds is 2. The van der Waals surface area contributed by atoms with Gasteiger partial charge in [0.15, 0.2) is 0 Å². The van der Waals surface area contributed by atoms with Crippen LogP contribution in [0.15, 0.2) is 18.2 Å². The molecule has 4 heteroatoms. The molecule has 0 radical (unpaired) electrons. The third kappa shape index (κ3) is 2.48. The van der Waals surface area contributed by atoms with E-state index in [9.17, 15) is 4.39 Å². The zero-order chi connectivity index (χ0) is 10.8. The first kappa shape index (κ1) is 10.9. The van der Waals surface area contributed by atoms with Crippen LogP contribution in [0.5, 0.6) is 0 Å². The Morgan fingerprint density at radius 3 is 3.00 bits per heavy atom. The van der Waals surface area contributed by atoms with Gasteiger partial charge in [-0.3, -0.25) is 4.90 Å². The van der Waals surface area contributed by atoms with Crippen LogP contribution in [0.25, 0.3) is 0 Å². The van der Waals surface area contributed by atoms with E-state index in [0.29, 0.717) is 6.54 Å². The molecule has 0 aromatic heterocycles. The molecule has 2 nitrogen and oxygen atoms in total. The minimum absolute atomic E-state index is 0.234. The van der Waals surface area contributed by atoms with Gasteiger partial charge in [-0.25, -0.2) is 4.39 Å². The Morgan fingerprint density at radius 2 is 2.33 bits per heavy atom. The van der Waals surface area contributed by atoms with Gasteiger partial charge in [0.1, 0.15) is 5.82 Å². The maximum atomic E-state index is 13.2. The predicted molar refractivity (Wildman–Crippen MR) is 59.3 cm³/mol. The van der Waals surface area contributed by atoms with E-state index < -0.39 is 0 Å². The molecule has 0 bridgehead atoms. The molecule has 2 N–H and O–H groups in total. The van der Waals surface area contributed by atoms with E-state index in [-0.39, 0.29) is 16.9 Å². The molecule has 1 saturated heterocycles. The minimum atomic E-state index is -0.349. The molecule has 0 amide bonds. The lowest BCUT2D eigenvalue weighted by Gasteiger charge is -2.16. The van der Waals surface area contributed by atoms with Gasteiger partial charge in [-0.05, 0) is 18.1 Å². The van der Waals surface area contributed by atoms with Crippen LogP contribution in [0, 0.1) is 5.82 Å². The fourth-order valence-corrected chi connectivity index (χ4v) is 2.10. The maximum Gasteiger partial charge on any atom is 0.142 e. The lowest BCUT2D eigenvalue weighted by molar-refractivity contribution is 0.326. The molecule has 1 atom stereocenters. The summed E-state index contributed by atoms with van der Waals surface area (Å²) in [4.78, 5) is 2.20. The smallest absolute Gasteiger partial charge is 0.142 e. The fourth-order valence-electron chi connectivity index (χ4n) is 1.92. The number of hydrogen-bond acceptors (Lipinski definition) is 2. The summed E-state index contributed by atoms with van der Waals surface area (Å²) in [6.07, 6.45) is 1.01. The second-order valence-corrected chi connectivity index (χ2v) is 4.37. The second-order valence-electron chi connectivity index (χ2n) is 4.00. The molecule has 1 fully saturated rings. The Hall–Kier alpha value is -0.640. The highest BCUT2D eigenvalue weighted by Crippen LogP contribution is 2.22. The van der Waals surface area contributed by atoms with Gasteiger partial charge in [-0.2, -0.15) is 0 Å².